The summed E-state index contributed by atoms with van der Waals surface area (Å²) in [6, 6.07) is 78.5. The van der Waals surface area contributed by atoms with E-state index >= 15 is 0 Å². The van der Waals surface area contributed by atoms with Crippen LogP contribution in [0.5, 0.6) is 0 Å². The van der Waals surface area contributed by atoms with Gasteiger partial charge in [-0.1, -0.05) is 243 Å². The molecule has 2 heterocycles. The van der Waals surface area contributed by atoms with Crippen LogP contribution >= 0.6 is 0 Å². The lowest BCUT2D eigenvalue weighted by molar-refractivity contribution is -0.181. The Balaban J connectivity index is 0.880. The number of ether oxygens (including phenoxy) is 8. The summed E-state index contributed by atoms with van der Waals surface area (Å²) in [5, 5.41) is 26.8. The summed E-state index contributed by atoms with van der Waals surface area (Å²) in [6.45, 7) is 8.80. The SMILES string of the molecule is CC1(C)O[C@@H](C(O)(c2ccccc2)c2ccccc2)[C@H](C(OCCOCCOCCOC(c2ccccc2)(c2ccccc2)[C@@H]2OC(C)(C)O[C@H]2C(O)(c2ccccc2)c2ccccc2)(c2ccccc2)c2ccccc2)O1. The second kappa shape index (κ2) is 23.8. The Hall–Kier alpha value is -6.64. The molecule has 2 saturated heterocycles. The molecule has 0 unspecified atom stereocenters. The van der Waals surface area contributed by atoms with Crippen molar-refractivity contribution < 1.29 is 48.1 Å². The summed E-state index contributed by atoms with van der Waals surface area (Å²) >= 11 is 0. The second-order valence-corrected chi connectivity index (χ2v) is 20.8. The van der Waals surface area contributed by atoms with Gasteiger partial charge in [0.25, 0.3) is 0 Å². The lowest BCUT2D eigenvalue weighted by Crippen LogP contribution is -2.56. The fourth-order valence-corrected chi connectivity index (χ4v) is 11.6. The maximum absolute atomic E-state index is 13.4. The van der Waals surface area contributed by atoms with Gasteiger partial charge in [0.15, 0.2) is 11.6 Å². The van der Waals surface area contributed by atoms with Crippen LogP contribution in [0.15, 0.2) is 243 Å². The largest absolute Gasteiger partial charge is 0.378 e. The standard InChI is InChI=1S/C68H70O10/c1-63(2)75-59(65(69,51-29-13-5-14-30-51)52-31-15-6-16-32-52)61(77-63)67(55-37-21-9-22-38-55,56-39-23-10-24-40-56)73-49-47-71-45-46-72-48-50-74-68(57-41-25-11-26-42-57,58-43-27-12-28-44-58)62-60(76-64(3,4)78-62)66(70,53-33-17-7-18-34-53)54-35-19-8-20-36-54/h5-44,59-62,69-70H,45-50H2,1-4H3/t59-,60-,61-,62-/m1/s1. The summed E-state index contributed by atoms with van der Waals surface area (Å²) < 4.78 is 55.0. The smallest absolute Gasteiger partial charge is 0.164 e. The molecule has 8 aromatic rings. The predicted molar refractivity (Wildman–Crippen MR) is 300 cm³/mol. The first-order valence-corrected chi connectivity index (χ1v) is 27.0. The van der Waals surface area contributed by atoms with E-state index in [0.717, 1.165) is 22.3 Å². The Morgan fingerprint density at radius 1 is 0.295 bits per heavy atom. The highest BCUT2D eigenvalue weighted by Crippen LogP contribution is 2.54. The molecule has 10 heteroatoms. The molecular weight excluding hydrogens is 977 g/mol. The predicted octanol–water partition coefficient (Wildman–Crippen LogP) is 11.9. The molecule has 4 atom stereocenters. The van der Waals surface area contributed by atoms with E-state index in [-0.39, 0.29) is 39.6 Å². The zero-order chi connectivity index (χ0) is 54.1. The van der Waals surface area contributed by atoms with E-state index in [9.17, 15) is 10.2 Å². The number of rotatable bonds is 23. The van der Waals surface area contributed by atoms with Crippen molar-refractivity contribution in [3.05, 3.63) is 287 Å². The van der Waals surface area contributed by atoms with E-state index in [2.05, 4.69) is 0 Å². The molecule has 0 spiro atoms. The van der Waals surface area contributed by atoms with Gasteiger partial charge in [0.1, 0.15) is 46.8 Å². The molecule has 8 aromatic carbocycles. The van der Waals surface area contributed by atoms with Gasteiger partial charge < -0.3 is 48.1 Å². The van der Waals surface area contributed by atoms with Crippen molar-refractivity contribution in [2.24, 2.45) is 0 Å². The van der Waals surface area contributed by atoms with E-state index in [1.165, 1.54) is 0 Å². The maximum atomic E-state index is 13.4. The molecule has 402 valence electrons. The molecule has 78 heavy (non-hydrogen) atoms. The van der Waals surface area contributed by atoms with Crippen LogP contribution < -0.4 is 0 Å². The first-order chi connectivity index (χ1) is 37.9. The third-order valence-electron chi connectivity index (χ3n) is 15.0. The van der Waals surface area contributed by atoms with Gasteiger partial charge in [-0.25, -0.2) is 0 Å². The topological polar surface area (TPSA) is 114 Å². The van der Waals surface area contributed by atoms with Gasteiger partial charge in [0.2, 0.25) is 0 Å². The van der Waals surface area contributed by atoms with Gasteiger partial charge in [-0.05, 0) is 72.2 Å². The Bertz CT molecular complexity index is 2700. The molecule has 0 radical (unpaired) electrons. The number of hydrogen-bond donors (Lipinski definition) is 2. The van der Waals surface area contributed by atoms with E-state index in [0.29, 0.717) is 22.3 Å². The third-order valence-corrected chi connectivity index (χ3v) is 15.0. The third kappa shape index (κ3) is 10.9. The maximum Gasteiger partial charge on any atom is 0.164 e. The molecule has 0 saturated carbocycles. The lowest BCUT2D eigenvalue weighted by atomic mass is 9.72. The van der Waals surface area contributed by atoms with Gasteiger partial charge in [0, 0.05) is 0 Å². The minimum absolute atomic E-state index is 0.158. The molecule has 2 N–H and O–H groups in total. The highest BCUT2D eigenvalue weighted by atomic mass is 16.8. The minimum atomic E-state index is -1.66. The molecular formula is C68H70O10. The fourth-order valence-electron chi connectivity index (χ4n) is 11.6. The Morgan fingerprint density at radius 3 is 0.718 bits per heavy atom. The zero-order valence-corrected chi connectivity index (χ0v) is 44.8. The molecule has 0 bridgehead atoms. The van der Waals surface area contributed by atoms with Crippen LogP contribution in [0.4, 0.5) is 0 Å². The van der Waals surface area contributed by atoms with Crippen molar-refractivity contribution in [1.82, 2.24) is 0 Å². The first-order valence-electron chi connectivity index (χ1n) is 27.0. The van der Waals surface area contributed by atoms with E-state index in [4.69, 9.17) is 37.9 Å². The van der Waals surface area contributed by atoms with Crippen molar-refractivity contribution in [2.45, 2.75) is 86.1 Å². The van der Waals surface area contributed by atoms with Crippen molar-refractivity contribution in [3.8, 4) is 0 Å². The van der Waals surface area contributed by atoms with Gasteiger partial charge in [-0.15, -0.1) is 0 Å². The first kappa shape index (κ1) is 54.7. The molecule has 0 aliphatic carbocycles. The van der Waals surface area contributed by atoms with Gasteiger partial charge in [-0.3, -0.25) is 0 Å². The molecule has 10 nitrogen and oxygen atoms in total. The van der Waals surface area contributed by atoms with Crippen LogP contribution in [0, 0.1) is 0 Å². The molecule has 2 aliphatic heterocycles. The Labute approximate surface area is 459 Å². The highest BCUT2D eigenvalue weighted by molar-refractivity contribution is 5.46. The Morgan fingerprint density at radius 2 is 0.487 bits per heavy atom. The monoisotopic (exact) mass is 1050 g/mol. The van der Waals surface area contributed by atoms with Crippen LogP contribution in [-0.2, 0) is 60.3 Å². The average molecular weight is 1050 g/mol. The summed E-state index contributed by atoms with van der Waals surface area (Å²) in [7, 11) is 0. The zero-order valence-electron chi connectivity index (χ0n) is 44.8. The van der Waals surface area contributed by atoms with E-state index in [1.54, 1.807) is 0 Å². The van der Waals surface area contributed by atoms with Crippen molar-refractivity contribution in [2.75, 3.05) is 39.6 Å². The van der Waals surface area contributed by atoms with Crippen molar-refractivity contribution in [3.63, 3.8) is 0 Å². The van der Waals surface area contributed by atoms with Crippen molar-refractivity contribution >= 4 is 0 Å². The molecule has 0 amide bonds. The highest BCUT2D eigenvalue weighted by Gasteiger charge is 2.64. The quantitative estimate of drug-likeness (QED) is 0.0600. The van der Waals surface area contributed by atoms with Crippen molar-refractivity contribution in [1.29, 1.82) is 0 Å². The Kier molecular flexibility index (Phi) is 16.7. The summed E-state index contributed by atoms with van der Waals surface area (Å²) in [4.78, 5) is 0. The van der Waals surface area contributed by atoms with Crippen LogP contribution in [0.2, 0.25) is 0 Å². The number of benzene rings is 8. The van der Waals surface area contributed by atoms with E-state index < -0.39 is 58.4 Å². The molecule has 0 aromatic heterocycles. The van der Waals surface area contributed by atoms with Gasteiger partial charge in [-0.2, -0.15) is 0 Å². The van der Waals surface area contributed by atoms with Gasteiger partial charge >= 0.3 is 0 Å². The minimum Gasteiger partial charge on any atom is -0.378 e. The van der Waals surface area contributed by atoms with Crippen LogP contribution in [0.3, 0.4) is 0 Å². The van der Waals surface area contributed by atoms with Gasteiger partial charge in [0.05, 0.1) is 39.6 Å². The fraction of sp³-hybridized carbons (Fsp3) is 0.294. The molecule has 2 fully saturated rings. The summed E-state index contributed by atoms with van der Waals surface area (Å²) in [6.07, 6.45) is -3.67. The lowest BCUT2D eigenvalue weighted by Gasteiger charge is -2.45. The van der Waals surface area contributed by atoms with Crippen LogP contribution in [0.25, 0.3) is 0 Å². The summed E-state index contributed by atoms with van der Waals surface area (Å²) in [5.74, 6) is -2.23. The number of hydrogen-bond acceptors (Lipinski definition) is 10. The molecule has 2 aliphatic rings. The molecule has 10 rings (SSSR count). The summed E-state index contributed by atoms with van der Waals surface area (Å²) in [5.41, 5.74) is 0.0512. The number of aliphatic hydroxyl groups is 2. The average Bonchev–Trinajstić information content (AvgIpc) is 4.22. The van der Waals surface area contributed by atoms with E-state index in [1.807, 2.05) is 270 Å². The second-order valence-electron chi connectivity index (χ2n) is 20.8. The van der Waals surface area contributed by atoms with Crippen LogP contribution in [0.1, 0.15) is 72.2 Å². The van der Waals surface area contributed by atoms with Crippen LogP contribution in [-0.4, -0.2) is 85.8 Å². The normalized spacial score (nSPS) is 19.4.